The predicted molar refractivity (Wildman–Crippen MR) is 126 cm³/mol. The molecule has 4 aromatic carbocycles. The minimum absolute atomic E-state index is 0.0231. The fourth-order valence-corrected chi connectivity index (χ4v) is 4.77. The molecule has 0 aliphatic heterocycles. The molecule has 174 valence electrons. The maximum atomic E-state index is 12.1. The van der Waals surface area contributed by atoms with E-state index in [-0.39, 0.29) is 22.3 Å². The van der Waals surface area contributed by atoms with Gasteiger partial charge >= 0.3 is 23.9 Å². The van der Waals surface area contributed by atoms with Crippen LogP contribution in [-0.4, -0.2) is 46.3 Å². The first-order valence-electron chi connectivity index (χ1n) is 10.6. The van der Waals surface area contributed by atoms with Crippen LogP contribution >= 0.6 is 0 Å². The average molecular weight is 470 g/mol. The lowest BCUT2D eigenvalue weighted by Crippen LogP contribution is -2.11. The van der Waals surface area contributed by atoms with Gasteiger partial charge < -0.3 is 20.1 Å². The van der Waals surface area contributed by atoms with Crippen LogP contribution in [0.1, 0.15) is 63.7 Å². The molecular weight excluding hydrogens is 452 g/mol. The topological polar surface area (TPSA) is 138 Å². The van der Waals surface area contributed by atoms with E-state index in [0.29, 0.717) is 34.4 Å². The summed E-state index contributed by atoms with van der Waals surface area (Å²) in [5.74, 6) is -4.56. The van der Waals surface area contributed by atoms with Crippen molar-refractivity contribution in [2.75, 3.05) is 7.11 Å². The van der Waals surface area contributed by atoms with Crippen LogP contribution in [-0.2, 0) is 17.6 Å². The first-order chi connectivity index (χ1) is 16.7. The minimum Gasteiger partial charge on any atom is -0.478 e. The molecule has 0 radical (unpaired) electrons. The maximum absolute atomic E-state index is 12.1. The number of carbonyl (C=O) groups is 4. The summed E-state index contributed by atoms with van der Waals surface area (Å²) in [6.07, 6.45) is 1.09. The van der Waals surface area contributed by atoms with Gasteiger partial charge in [0.2, 0.25) is 0 Å². The summed E-state index contributed by atoms with van der Waals surface area (Å²) in [6, 6.07) is 13.3. The van der Waals surface area contributed by atoms with E-state index in [1.807, 2.05) is 24.3 Å². The first kappa shape index (κ1) is 22.1. The van der Waals surface area contributed by atoms with Crippen molar-refractivity contribution in [3.05, 3.63) is 93.0 Å². The van der Waals surface area contributed by atoms with Crippen molar-refractivity contribution in [3.63, 3.8) is 0 Å². The number of rotatable bonds is 4. The summed E-state index contributed by atoms with van der Waals surface area (Å²) in [4.78, 5) is 47.0. The predicted octanol–water partition coefficient (Wildman–Crippen LogP) is 4.37. The van der Waals surface area contributed by atoms with Crippen LogP contribution in [0, 0.1) is 0 Å². The highest BCUT2D eigenvalue weighted by molar-refractivity contribution is 6.08. The Bertz CT molecular complexity index is 1630. The Kier molecular flexibility index (Phi) is 5.02. The number of carboxylic acids is 3. The number of methoxy groups -OCH3 is 1. The first-order valence-corrected chi connectivity index (χ1v) is 10.6. The highest BCUT2D eigenvalue weighted by Crippen LogP contribution is 2.34. The number of esters is 1. The van der Waals surface area contributed by atoms with Crippen molar-refractivity contribution in [1.82, 2.24) is 0 Å². The molecule has 0 saturated heterocycles. The zero-order valence-corrected chi connectivity index (χ0v) is 18.4. The van der Waals surface area contributed by atoms with Crippen LogP contribution in [0.5, 0.6) is 0 Å². The van der Waals surface area contributed by atoms with Crippen molar-refractivity contribution in [3.8, 4) is 0 Å². The van der Waals surface area contributed by atoms with Crippen molar-refractivity contribution < 1.29 is 39.2 Å². The average Bonchev–Trinajstić information content (AvgIpc) is 2.82. The van der Waals surface area contributed by atoms with Crippen molar-refractivity contribution in [1.29, 1.82) is 0 Å². The highest BCUT2D eigenvalue weighted by atomic mass is 16.5. The van der Waals surface area contributed by atoms with Crippen molar-refractivity contribution >= 4 is 45.4 Å². The van der Waals surface area contributed by atoms with E-state index in [1.165, 1.54) is 31.4 Å². The molecular formula is C27H18O8. The number of aromatic carboxylic acids is 3. The van der Waals surface area contributed by atoms with E-state index in [0.717, 1.165) is 22.3 Å². The fourth-order valence-electron chi connectivity index (χ4n) is 4.77. The van der Waals surface area contributed by atoms with E-state index < -0.39 is 23.9 Å². The van der Waals surface area contributed by atoms with Gasteiger partial charge in [0.25, 0.3) is 0 Å². The van der Waals surface area contributed by atoms with Crippen LogP contribution in [0.2, 0.25) is 0 Å². The molecule has 35 heavy (non-hydrogen) atoms. The summed E-state index contributed by atoms with van der Waals surface area (Å²) in [6.45, 7) is 0. The van der Waals surface area contributed by atoms with E-state index >= 15 is 0 Å². The van der Waals surface area contributed by atoms with Crippen LogP contribution < -0.4 is 0 Å². The monoisotopic (exact) mass is 470 g/mol. The minimum atomic E-state index is -1.31. The van der Waals surface area contributed by atoms with Crippen LogP contribution in [0.25, 0.3) is 21.5 Å². The van der Waals surface area contributed by atoms with Crippen molar-refractivity contribution in [2.45, 2.75) is 12.8 Å². The van der Waals surface area contributed by atoms with Gasteiger partial charge in [-0.05, 0) is 80.9 Å². The number of carbonyl (C=O) groups excluding carboxylic acids is 1. The lowest BCUT2D eigenvalue weighted by atomic mass is 9.82. The molecule has 0 spiro atoms. The molecule has 0 heterocycles. The molecule has 0 aromatic heterocycles. The van der Waals surface area contributed by atoms with Crippen molar-refractivity contribution in [2.24, 2.45) is 0 Å². The lowest BCUT2D eigenvalue weighted by molar-refractivity contribution is 0.0582. The van der Waals surface area contributed by atoms with Gasteiger partial charge in [0, 0.05) is 0 Å². The standard InChI is InChI=1S/C27H18O8/c1-35-27(34)23-11-19-7-15-3-13-5-17-9-21(25(30)31)20(24(28)29)8-16(17)4-12(13)2-14(15)6-18(19)10-22(23)26(32)33/h4-11H,2-3H2,1H3,(H,28,29)(H,30,31)(H,32,33). The van der Waals surface area contributed by atoms with E-state index in [9.17, 15) is 34.5 Å². The second kappa shape index (κ2) is 7.95. The Morgan fingerprint density at radius 1 is 0.543 bits per heavy atom. The Balaban J connectivity index is 1.65. The normalized spacial score (nSPS) is 12.1. The molecule has 8 heteroatoms. The van der Waals surface area contributed by atoms with Crippen LogP contribution in [0.4, 0.5) is 0 Å². The van der Waals surface area contributed by atoms with Gasteiger partial charge in [-0.2, -0.15) is 0 Å². The van der Waals surface area contributed by atoms with Gasteiger partial charge in [-0.25, -0.2) is 19.2 Å². The zero-order valence-electron chi connectivity index (χ0n) is 18.4. The second-order valence-corrected chi connectivity index (χ2v) is 8.49. The van der Waals surface area contributed by atoms with Gasteiger partial charge in [0.1, 0.15) is 0 Å². The Labute approximate surface area is 198 Å². The highest BCUT2D eigenvalue weighted by Gasteiger charge is 2.23. The summed E-state index contributed by atoms with van der Waals surface area (Å²) in [7, 11) is 1.20. The number of ether oxygens (including phenoxy) is 1. The molecule has 0 atom stereocenters. The molecule has 0 bridgehead atoms. The molecule has 0 fully saturated rings. The molecule has 3 N–H and O–H groups in total. The molecule has 8 nitrogen and oxygen atoms in total. The van der Waals surface area contributed by atoms with E-state index in [2.05, 4.69) is 0 Å². The van der Waals surface area contributed by atoms with Crippen LogP contribution in [0.15, 0.2) is 48.5 Å². The van der Waals surface area contributed by atoms with Gasteiger partial charge in [-0.3, -0.25) is 0 Å². The molecule has 1 aliphatic carbocycles. The summed E-state index contributed by atoms with van der Waals surface area (Å²) >= 11 is 0. The molecule has 1 aliphatic rings. The third kappa shape index (κ3) is 3.65. The molecule has 4 aromatic rings. The third-order valence-corrected chi connectivity index (χ3v) is 6.45. The SMILES string of the molecule is COC(=O)c1cc2cc3c(cc2cc1C(=O)O)Cc1cc2cc(C(=O)O)c(C(=O)O)cc2cc1C3. The quantitative estimate of drug-likeness (QED) is 0.329. The lowest BCUT2D eigenvalue weighted by Gasteiger charge is -2.22. The molecule has 0 saturated carbocycles. The van der Waals surface area contributed by atoms with Gasteiger partial charge in [-0.15, -0.1) is 0 Å². The van der Waals surface area contributed by atoms with E-state index in [1.54, 1.807) is 0 Å². The molecule has 5 rings (SSSR count). The van der Waals surface area contributed by atoms with E-state index in [4.69, 9.17) is 4.74 Å². The van der Waals surface area contributed by atoms with Gasteiger partial charge in [-0.1, -0.05) is 24.3 Å². The Morgan fingerprint density at radius 2 is 0.829 bits per heavy atom. The number of hydrogen-bond acceptors (Lipinski definition) is 5. The van der Waals surface area contributed by atoms with Gasteiger partial charge in [0.15, 0.2) is 0 Å². The summed E-state index contributed by atoms with van der Waals surface area (Å²) in [5.41, 5.74) is 3.27. The Morgan fingerprint density at radius 3 is 1.11 bits per heavy atom. The maximum Gasteiger partial charge on any atom is 0.338 e. The zero-order chi connectivity index (χ0) is 25.0. The van der Waals surface area contributed by atoms with Gasteiger partial charge in [0.05, 0.1) is 29.4 Å². The summed E-state index contributed by atoms with van der Waals surface area (Å²) < 4.78 is 4.74. The fraction of sp³-hybridized carbons (Fsp3) is 0.111. The van der Waals surface area contributed by atoms with Crippen LogP contribution in [0.3, 0.4) is 0 Å². The molecule has 0 unspecified atom stereocenters. The summed E-state index contributed by atoms with van der Waals surface area (Å²) in [5, 5.41) is 31.1. The largest absolute Gasteiger partial charge is 0.478 e. The second-order valence-electron chi connectivity index (χ2n) is 8.49. The third-order valence-electron chi connectivity index (χ3n) is 6.45. The number of carboxylic acid groups (broad SMARTS) is 3. The Hall–Kier alpha value is -4.72. The number of fused-ring (bicyclic) bond motifs is 4. The number of hydrogen-bond donors (Lipinski definition) is 3. The number of benzene rings is 4. The smallest absolute Gasteiger partial charge is 0.338 e. The molecule has 0 amide bonds.